The van der Waals surface area contributed by atoms with Crippen LogP contribution in [0.3, 0.4) is 0 Å². The number of nitrogens with one attached hydrogen (secondary N) is 1. The first-order valence-electron chi connectivity index (χ1n) is 6.39. The number of aromatic nitrogens is 2. The van der Waals surface area contributed by atoms with Gasteiger partial charge in [-0.05, 0) is 37.3 Å². The third-order valence-corrected chi connectivity index (χ3v) is 3.93. The second kappa shape index (κ2) is 5.57. The van der Waals surface area contributed by atoms with Crippen LogP contribution in [0.4, 0.5) is 4.39 Å². The predicted octanol–water partition coefficient (Wildman–Crippen LogP) is 3.32. The Bertz CT molecular complexity index is 802. The quantitative estimate of drug-likeness (QED) is 0.807. The van der Waals surface area contributed by atoms with E-state index in [2.05, 4.69) is 15.3 Å². The van der Waals surface area contributed by atoms with Gasteiger partial charge in [0.05, 0.1) is 27.5 Å². The van der Waals surface area contributed by atoms with Gasteiger partial charge in [-0.15, -0.1) is 11.3 Å². The molecule has 1 aromatic carbocycles. The number of hydrogen-bond donors (Lipinski definition) is 1. The number of amides is 1. The molecular weight excluding hydrogens is 289 g/mol. The summed E-state index contributed by atoms with van der Waals surface area (Å²) in [7, 11) is 0. The summed E-state index contributed by atoms with van der Waals surface area (Å²) in [4.78, 5) is 20.4. The van der Waals surface area contributed by atoms with Crippen LogP contribution < -0.4 is 5.32 Å². The van der Waals surface area contributed by atoms with E-state index in [9.17, 15) is 9.18 Å². The number of benzene rings is 1. The molecule has 3 rings (SSSR count). The average molecular weight is 301 g/mol. The molecule has 3 aromatic rings. The molecular formula is C15H12FN3OS. The van der Waals surface area contributed by atoms with Crippen LogP contribution >= 0.6 is 11.3 Å². The van der Waals surface area contributed by atoms with E-state index in [4.69, 9.17) is 0 Å². The van der Waals surface area contributed by atoms with E-state index < -0.39 is 11.9 Å². The van der Waals surface area contributed by atoms with E-state index in [0.29, 0.717) is 5.56 Å². The molecule has 0 saturated heterocycles. The number of halogens is 1. The van der Waals surface area contributed by atoms with Gasteiger partial charge in [-0.1, -0.05) is 0 Å². The smallest absolute Gasteiger partial charge is 0.251 e. The summed E-state index contributed by atoms with van der Waals surface area (Å²) in [6.07, 6.45) is 1.50. The molecule has 1 N–H and O–H groups in total. The molecule has 0 aliphatic heterocycles. The summed E-state index contributed by atoms with van der Waals surface area (Å²) in [5.41, 5.74) is 3.35. The van der Waals surface area contributed by atoms with Crippen LogP contribution in [0.15, 0.2) is 42.0 Å². The van der Waals surface area contributed by atoms with Crippen molar-refractivity contribution in [1.82, 2.24) is 15.3 Å². The summed E-state index contributed by atoms with van der Waals surface area (Å²) in [6, 6.07) is 7.63. The zero-order valence-corrected chi connectivity index (χ0v) is 12.0. The highest BCUT2D eigenvalue weighted by Gasteiger charge is 2.16. The lowest BCUT2D eigenvalue weighted by Crippen LogP contribution is -2.27. The molecule has 0 fully saturated rings. The van der Waals surface area contributed by atoms with Crippen molar-refractivity contribution in [3.8, 4) is 0 Å². The number of nitrogens with zero attached hydrogens (tertiary/aromatic N) is 2. The average Bonchev–Trinajstić information content (AvgIpc) is 2.94. The van der Waals surface area contributed by atoms with Gasteiger partial charge in [0.1, 0.15) is 5.82 Å². The van der Waals surface area contributed by atoms with Crippen molar-refractivity contribution in [3.05, 3.63) is 59.1 Å². The van der Waals surface area contributed by atoms with Gasteiger partial charge in [0.25, 0.3) is 5.91 Å². The Morgan fingerprint density at radius 1 is 1.33 bits per heavy atom. The highest BCUT2D eigenvalue weighted by atomic mass is 32.1. The summed E-state index contributed by atoms with van der Waals surface area (Å²) in [6.45, 7) is 1.70. The van der Waals surface area contributed by atoms with Gasteiger partial charge in [-0.25, -0.2) is 9.37 Å². The fourth-order valence-corrected chi connectivity index (χ4v) is 2.78. The van der Waals surface area contributed by atoms with Gasteiger partial charge >= 0.3 is 0 Å². The molecule has 2 aromatic heterocycles. The van der Waals surface area contributed by atoms with Crippen LogP contribution in [-0.2, 0) is 0 Å². The summed E-state index contributed by atoms with van der Waals surface area (Å²) in [5, 5.41) is 2.75. The molecule has 0 aliphatic rings. The molecule has 6 heteroatoms. The summed E-state index contributed by atoms with van der Waals surface area (Å²) < 4.78 is 14.6. The molecule has 0 aliphatic carbocycles. The van der Waals surface area contributed by atoms with Gasteiger partial charge in [-0.3, -0.25) is 9.78 Å². The largest absolute Gasteiger partial charge is 0.344 e. The first kappa shape index (κ1) is 13.6. The van der Waals surface area contributed by atoms with Crippen molar-refractivity contribution in [2.75, 3.05) is 0 Å². The molecule has 0 spiro atoms. The topological polar surface area (TPSA) is 54.9 Å². The van der Waals surface area contributed by atoms with E-state index in [1.807, 2.05) is 0 Å². The molecule has 2 heterocycles. The first-order chi connectivity index (χ1) is 10.1. The molecule has 4 nitrogen and oxygen atoms in total. The third-order valence-electron chi connectivity index (χ3n) is 3.14. The minimum Gasteiger partial charge on any atom is -0.344 e. The van der Waals surface area contributed by atoms with Crippen molar-refractivity contribution in [2.24, 2.45) is 0 Å². The Morgan fingerprint density at radius 3 is 3.00 bits per heavy atom. The highest BCUT2D eigenvalue weighted by Crippen LogP contribution is 2.20. The Morgan fingerprint density at radius 2 is 2.19 bits per heavy atom. The minimum atomic E-state index is -0.504. The van der Waals surface area contributed by atoms with Crippen LogP contribution in [0.2, 0.25) is 0 Å². The van der Waals surface area contributed by atoms with Crippen LogP contribution in [0, 0.1) is 5.82 Å². The van der Waals surface area contributed by atoms with Crippen molar-refractivity contribution < 1.29 is 9.18 Å². The lowest BCUT2D eigenvalue weighted by molar-refractivity contribution is 0.0938. The fourth-order valence-electron chi connectivity index (χ4n) is 2.06. The summed E-state index contributed by atoms with van der Waals surface area (Å²) >= 11 is 1.47. The number of hydrogen-bond acceptors (Lipinski definition) is 4. The molecule has 0 radical (unpaired) electrons. The zero-order valence-electron chi connectivity index (χ0n) is 11.2. The van der Waals surface area contributed by atoms with Gasteiger partial charge < -0.3 is 5.32 Å². The first-order valence-corrected chi connectivity index (χ1v) is 7.27. The van der Waals surface area contributed by atoms with Crippen LogP contribution in [0.1, 0.15) is 29.0 Å². The molecule has 0 unspecified atom stereocenters. The SMILES string of the molecule is C[C@@H](NC(=O)c1ccc2ncsc2c1)c1ncccc1F. The highest BCUT2D eigenvalue weighted by molar-refractivity contribution is 7.16. The number of carbonyl (C=O) groups is 1. The van der Waals surface area contributed by atoms with Crippen molar-refractivity contribution >= 4 is 27.5 Å². The maximum Gasteiger partial charge on any atom is 0.251 e. The lowest BCUT2D eigenvalue weighted by atomic mass is 10.1. The molecule has 1 amide bonds. The Balaban J connectivity index is 1.81. The van der Waals surface area contributed by atoms with E-state index in [1.54, 1.807) is 30.6 Å². The van der Waals surface area contributed by atoms with Crippen molar-refractivity contribution in [2.45, 2.75) is 13.0 Å². The normalized spacial score (nSPS) is 12.3. The number of carbonyl (C=O) groups excluding carboxylic acids is 1. The van der Waals surface area contributed by atoms with E-state index >= 15 is 0 Å². The van der Waals surface area contributed by atoms with Crippen molar-refractivity contribution in [3.63, 3.8) is 0 Å². The summed E-state index contributed by atoms with van der Waals surface area (Å²) in [5.74, 6) is -0.689. The molecule has 0 saturated carbocycles. The van der Waals surface area contributed by atoms with E-state index in [0.717, 1.165) is 10.2 Å². The maximum absolute atomic E-state index is 13.6. The number of thiazole rings is 1. The number of pyridine rings is 1. The van der Waals surface area contributed by atoms with Gasteiger partial charge in [0.15, 0.2) is 0 Å². The van der Waals surface area contributed by atoms with Gasteiger partial charge in [0, 0.05) is 11.8 Å². The maximum atomic E-state index is 13.6. The Labute approximate surface area is 124 Å². The van der Waals surface area contributed by atoms with Gasteiger partial charge in [0.2, 0.25) is 0 Å². The Kier molecular flexibility index (Phi) is 3.62. The fraction of sp³-hybridized carbons (Fsp3) is 0.133. The van der Waals surface area contributed by atoms with E-state index in [1.165, 1.54) is 29.7 Å². The zero-order chi connectivity index (χ0) is 14.8. The van der Waals surface area contributed by atoms with Gasteiger partial charge in [-0.2, -0.15) is 0 Å². The standard InChI is InChI=1S/C15H12FN3OS/c1-9(14-11(16)3-2-6-17-14)19-15(20)10-4-5-12-13(7-10)21-8-18-12/h2-9H,1H3,(H,19,20)/t9-/m1/s1. The van der Waals surface area contributed by atoms with Crippen LogP contribution in [-0.4, -0.2) is 15.9 Å². The lowest BCUT2D eigenvalue weighted by Gasteiger charge is -2.14. The van der Waals surface area contributed by atoms with Crippen LogP contribution in [0.5, 0.6) is 0 Å². The van der Waals surface area contributed by atoms with Crippen molar-refractivity contribution in [1.29, 1.82) is 0 Å². The Hall–Kier alpha value is -2.34. The molecule has 0 bridgehead atoms. The molecule has 106 valence electrons. The van der Waals surface area contributed by atoms with Crippen LogP contribution in [0.25, 0.3) is 10.2 Å². The second-order valence-electron chi connectivity index (χ2n) is 4.60. The van der Waals surface area contributed by atoms with E-state index in [-0.39, 0.29) is 11.6 Å². The predicted molar refractivity (Wildman–Crippen MR) is 79.7 cm³/mol. The second-order valence-corrected chi connectivity index (χ2v) is 5.49. The minimum absolute atomic E-state index is 0.227. The number of rotatable bonds is 3. The molecule has 21 heavy (non-hydrogen) atoms. The number of fused-ring (bicyclic) bond motifs is 1. The monoisotopic (exact) mass is 301 g/mol. The molecule has 1 atom stereocenters. The third kappa shape index (κ3) is 2.75.